The number of hydrogen-bond acceptors (Lipinski definition) is 14. The number of nitrogens with one attached hydrogen (secondary N) is 4. The van der Waals surface area contributed by atoms with E-state index in [0.717, 1.165) is 110 Å². The van der Waals surface area contributed by atoms with Crippen LogP contribution in [-0.4, -0.2) is 144 Å². The summed E-state index contributed by atoms with van der Waals surface area (Å²) in [7, 11) is 0. The Labute approximate surface area is 448 Å². The number of Topliss-reactive ketones (excluding diaryl/α,β-unsaturated/α-hetero) is 2. The third-order valence-corrected chi connectivity index (χ3v) is 17.8. The van der Waals surface area contributed by atoms with Crippen molar-refractivity contribution in [3.05, 3.63) is 92.4 Å². The van der Waals surface area contributed by atoms with Gasteiger partial charge in [0, 0.05) is 96.7 Å². The molecular weight excluding hydrogens is 997 g/mol. The maximum atomic E-state index is 13.3. The van der Waals surface area contributed by atoms with Gasteiger partial charge in [-0.15, -0.1) is 0 Å². The van der Waals surface area contributed by atoms with E-state index in [1.54, 1.807) is 26.0 Å². The number of nitrogens with zero attached hydrogens (tertiary/aromatic N) is 6. The molecule has 5 fully saturated rings. The summed E-state index contributed by atoms with van der Waals surface area (Å²) in [5, 5.41) is 13.0. The molecule has 2 aromatic heterocycles. The predicted octanol–water partition coefficient (Wildman–Crippen LogP) is 8.38. The van der Waals surface area contributed by atoms with Gasteiger partial charge >= 0.3 is 12.1 Å². The third-order valence-electron chi connectivity index (χ3n) is 15.5. The fraction of sp³-hybridized carbons (Fsp3) is 0.600. The van der Waals surface area contributed by atoms with Crippen LogP contribution in [0.3, 0.4) is 0 Å². The van der Waals surface area contributed by atoms with Crippen LogP contribution in [0.1, 0.15) is 107 Å². The first kappa shape index (κ1) is 56.4. The highest BCUT2D eigenvalue weighted by Crippen LogP contribution is 2.33. The number of ketones is 2. The standard InChI is InChI=1S/C29H40FN5O2S.C26H37FN6O3S/c1-19-27(20(2)36)38-29(31-19)33-28(37)32-26-11-13-35(15-22-5-6-22)18-24(26)17-34-12-3-4-23(16-34)14-21-7-9-25(30)10-8-21;1-17-24(18(2)34)37-26(29-17)31-25(35)30-23-9-11-33(16-36-28)15-21(23)14-32-10-3-4-20(13-32)12-19-5-7-22(27)8-6-19/h7-10,22-24,26H,3-6,11-18H2,1-2H3,(H2,31,32,33,37);5-8,20-21,23H,3-4,9-16,28H2,1-2H3,(H2,29,30,31,35)/t23-,24+,26+;20-,21+,23+/m00/s1. The van der Waals surface area contributed by atoms with E-state index in [2.05, 4.69) is 50.8 Å². The maximum absolute atomic E-state index is 13.3. The normalized spacial score (nSPS) is 23.9. The Balaban J connectivity index is 0.000000199. The van der Waals surface area contributed by atoms with E-state index in [9.17, 15) is 28.0 Å². The Hall–Kier alpha value is -4.80. The lowest BCUT2D eigenvalue weighted by molar-refractivity contribution is -0.00829. The van der Waals surface area contributed by atoms with Gasteiger partial charge in [-0.2, -0.15) is 0 Å². The minimum atomic E-state index is -0.310. The summed E-state index contributed by atoms with van der Waals surface area (Å²) in [6.45, 7) is 17.6. The van der Waals surface area contributed by atoms with Gasteiger partial charge < -0.3 is 25.3 Å². The van der Waals surface area contributed by atoms with Gasteiger partial charge in [0.1, 0.15) is 18.4 Å². The van der Waals surface area contributed by atoms with Crippen molar-refractivity contribution in [1.82, 2.24) is 40.2 Å². The first-order valence-electron chi connectivity index (χ1n) is 26.9. The molecule has 5 aliphatic rings. The lowest BCUT2D eigenvalue weighted by Crippen LogP contribution is -2.56. The summed E-state index contributed by atoms with van der Waals surface area (Å²) in [5.74, 6) is 7.35. The van der Waals surface area contributed by atoms with Gasteiger partial charge in [0.2, 0.25) is 0 Å². The number of urea groups is 2. The maximum Gasteiger partial charge on any atom is 0.321 e. The number of amides is 4. The molecule has 6 N–H and O–H groups in total. The van der Waals surface area contributed by atoms with Gasteiger partial charge in [-0.1, -0.05) is 46.9 Å². The topological polar surface area (TPSA) is 190 Å². The Morgan fingerprint density at radius 2 is 1.01 bits per heavy atom. The Morgan fingerprint density at radius 1 is 0.587 bits per heavy atom. The first-order chi connectivity index (χ1) is 36.1. The van der Waals surface area contributed by atoms with Crippen LogP contribution in [0.15, 0.2) is 48.5 Å². The molecule has 0 spiro atoms. The average Bonchev–Trinajstić information content (AvgIpc) is 4.00. The zero-order valence-electron chi connectivity index (χ0n) is 44.1. The van der Waals surface area contributed by atoms with Crippen molar-refractivity contribution in [2.75, 3.05) is 89.4 Å². The lowest BCUT2D eigenvalue weighted by atomic mass is 9.88. The molecule has 408 valence electrons. The minimum absolute atomic E-state index is 0.0140. The smallest absolute Gasteiger partial charge is 0.321 e. The number of halogens is 2. The number of anilines is 2. The molecule has 1 saturated carbocycles. The molecule has 75 heavy (non-hydrogen) atoms. The summed E-state index contributed by atoms with van der Waals surface area (Å²) >= 11 is 2.43. The van der Waals surface area contributed by atoms with Crippen LogP contribution in [0.5, 0.6) is 0 Å². The van der Waals surface area contributed by atoms with Gasteiger partial charge in [0.25, 0.3) is 0 Å². The molecule has 0 bridgehead atoms. The summed E-state index contributed by atoms with van der Waals surface area (Å²) in [6.07, 6.45) is 11.0. The van der Waals surface area contributed by atoms with Crippen molar-refractivity contribution >= 4 is 56.6 Å². The number of piperidine rings is 4. The van der Waals surface area contributed by atoms with Gasteiger partial charge in [0.05, 0.1) is 21.1 Å². The number of likely N-dealkylation sites (tertiary alicyclic amines) is 4. The first-order valence-corrected chi connectivity index (χ1v) is 28.6. The summed E-state index contributed by atoms with van der Waals surface area (Å²) < 4.78 is 26.6. The van der Waals surface area contributed by atoms with E-state index < -0.39 is 0 Å². The number of aromatic nitrogens is 2. The minimum Gasteiger partial charge on any atom is -0.335 e. The summed E-state index contributed by atoms with van der Waals surface area (Å²) in [6, 6.07) is 13.3. The van der Waals surface area contributed by atoms with Crippen molar-refractivity contribution < 1.29 is 32.8 Å². The predicted molar refractivity (Wildman–Crippen MR) is 291 cm³/mol. The van der Waals surface area contributed by atoms with Crippen LogP contribution in [0.25, 0.3) is 0 Å². The highest BCUT2D eigenvalue weighted by atomic mass is 32.1. The molecule has 1 aliphatic carbocycles. The van der Waals surface area contributed by atoms with Crippen LogP contribution in [0, 0.1) is 55.1 Å². The molecule has 20 heteroatoms. The van der Waals surface area contributed by atoms with Crippen LogP contribution in [-0.2, 0) is 17.7 Å². The molecule has 4 amide bonds. The zero-order valence-corrected chi connectivity index (χ0v) is 45.7. The number of carbonyl (C=O) groups excluding carboxylic acids is 4. The van der Waals surface area contributed by atoms with Crippen LogP contribution >= 0.6 is 22.7 Å². The van der Waals surface area contributed by atoms with E-state index in [-0.39, 0.29) is 53.3 Å². The average molecular weight is 1070 g/mol. The molecule has 4 saturated heterocycles. The van der Waals surface area contributed by atoms with E-state index in [1.165, 1.54) is 92.0 Å². The quantitative estimate of drug-likeness (QED) is 0.0474. The third kappa shape index (κ3) is 17.1. The molecule has 9 rings (SSSR count). The number of rotatable bonds is 18. The lowest BCUT2D eigenvalue weighted by Gasteiger charge is -2.42. The number of carbonyl (C=O) groups is 4. The monoisotopic (exact) mass is 1070 g/mol. The van der Waals surface area contributed by atoms with Crippen molar-refractivity contribution in [3.63, 3.8) is 0 Å². The second-order valence-electron chi connectivity index (χ2n) is 21.8. The molecule has 0 unspecified atom stereocenters. The zero-order chi connectivity index (χ0) is 53.0. The molecule has 0 radical (unpaired) electrons. The molecule has 4 aromatic rings. The van der Waals surface area contributed by atoms with Crippen molar-refractivity contribution in [1.29, 1.82) is 0 Å². The van der Waals surface area contributed by atoms with Crippen LogP contribution in [0.2, 0.25) is 0 Å². The second kappa shape index (κ2) is 27.0. The van der Waals surface area contributed by atoms with Crippen molar-refractivity contribution in [3.8, 4) is 0 Å². The highest BCUT2D eigenvalue weighted by molar-refractivity contribution is 7.18. The molecule has 6 heterocycles. The van der Waals surface area contributed by atoms with E-state index in [4.69, 9.17) is 10.7 Å². The SMILES string of the molecule is CC(=O)c1sc(NC(=O)N[C@@H]2CCN(CC3CC3)C[C@H]2CN2CCC[C@@H](Cc3ccc(F)cc3)C2)nc1C.CC(=O)c1sc(NC(=O)N[C@@H]2CCN(CON)C[C@H]2CN2CCC[C@@H](Cc3ccc(F)cc3)C2)nc1C. The fourth-order valence-electron chi connectivity index (χ4n) is 11.7. The van der Waals surface area contributed by atoms with E-state index in [1.807, 2.05) is 24.3 Å². The summed E-state index contributed by atoms with van der Waals surface area (Å²) in [5.41, 5.74) is 3.65. The van der Waals surface area contributed by atoms with Crippen LogP contribution in [0.4, 0.5) is 28.6 Å². The number of thiazole rings is 2. The van der Waals surface area contributed by atoms with Gasteiger partial charge in [-0.3, -0.25) is 30.0 Å². The Kier molecular flexibility index (Phi) is 20.3. The Bertz CT molecular complexity index is 2530. The largest absolute Gasteiger partial charge is 0.335 e. The van der Waals surface area contributed by atoms with Crippen LogP contribution < -0.4 is 27.2 Å². The fourth-order valence-corrected chi connectivity index (χ4v) is 13.4. The van der Waals surface area contributed by atoms with Gasteiger partial charge in [-0.05, 0) is 144 Å². The number of benzene rings is 2. The van der Waals surface area contributed by atoms with E-state index >= 15 is 0 Å². The van der Waals surface area contributed by atoms with E-state index in [0.29, 0.717) is 55.9 Å². The molecule has 6 atom stereocenters. The molecule has 2 aromatic carbocycles. The van der Waals surface area contributed by atoms with Crippen molar-refractivity contribution in [2.45, 2.75) is 104 Å². The van der Waals surface area contributed by atoms with Gasteiger partial charge in [-0.25, -0.2) is 34.2 Å². The van der Waals surface area contributed by atoms with Crippen molar-refractivity contribution in [2.24, 2.45) is 35.5 Å². The number of nitrogens with two attached hydrogens (primary N) is 1. The number of aryl methyl sites for hydroxylation is 2. The summed E-state index contributed by atoms with van der Waals surface area (Å²) in [4.78, 5) is 73.9. The Morgan fingerprint density at radius 3 is 1.43 bits per heavy atom. The molecule has 4 aliphatic heterocycles. The molecule has 16 nitrogen and oxygen atoms in total. The molecular formula is C55H77F2N11O5S2. The van der Waals surface area contributed by atoms with Gasteiger partial charge in [0.15, 0.2) is 21.8 Å². The number of hydrogen-bond donors (Lipinski definition) is 5. The second-order valence-corrected chi connectivity index (χ2v) is 23.8. The highest BCUT2D eigenvalue weighted by Gasteiger charge is 2.36.